The number of hydrogen-bond acceptors (Lipinski definition) is 5. The number of hydrogen-bond donors (Lipinski definition) is 2. The van der Waals surface area contributed by atoms with Crippen LogP contribution in [-0.2, 0) is 19.1 Å². The van der Waals surface area contributed by atoms with Gasteiger partial charge in [-0.2, -0.15) is 0 Å². The Morgan fingerprint density at radius 3 is 2.04 bits per heavy atom. The van der Waals surface area contributed by atoms with Gasteiger partial charge in [0.25, 0.3) is 0 Å². The normalized spacial score (nSPS) is 15.7. The molecule has 0 aliphatic heterocycles. The van der Waals surface area contributed by atoms with Gasteiger partial charge in [0.15, 0.2) is 0 Å². The standard InChI is InChI=1S/C19H34N2O6/c1-11(2)14(10-12(3)17(23)24)21(8)16(22)15(13(4)26-9)20-18(25)27-19(5,6)7/h10-11,13-15H,1-9H3,(H,20,25)(H,23,24)/b12-10+/t13-,14+,15-/m0/s1. The third-order valence-electron chi connectivity index (χ3n) is 4.02. The molecule has 0 aliphatic carbocycles. The van der Waals surface area contributed by atoms with Gasteiger partial charge in [0.2, 0.25) is 5.91 Å². The monoisotopic (exact) mass is 386 g/mol. The molecule has 0 saturated heterocycles. The molecule has 0 aromatic carbocycles. The quantitative estimate of drug-likeness (QED) is 0.621. The van der Waals surface area contributed by atoms with Crippen molar-refractivity contribution >= 4 is 18.0 Å². The van der Waals surface area contributed by atoms with E-state index in [2.05, 4.69) is 5.32 Å². The van der Waals surface area contributed by atoms with Crippen molar-refractivity contribution in [3.8, 4) is 0 Å². The summed E-state index contributed by atoms with van der Waals surface area (Å²) in [5.74, 6) is -1.48. The van der Waals surface area contributed by atoms with Crippen molar-refractivity contribution in [1.29, 1.82) is 0 Å². The number of carboxylic acids is 1. The molecule has 8 heteroatoms. The molecule has 27 heavy (non-hydrogen) atoms. The van der Waals surface area contributed by atoms with Gasteiger partial charge < -0.3 is 24.8 Å². The highest BCUT2D eigenvalue weighted by Gasteiger charge is 2.34. The summed E-state index contributed by atoms with van der Waals surface area (Å²) in [6.07, 6.45) is 0.203. The fourth-order valence-electron chi connectivity index (χ4n) is 2.40. The van der Waals surface area contributed by atoms with Crippen molar-refractivity contribution in [3.05, 3.63) is 11.6 Å². The second-order valence-corrected chi connectivity index (χ2v) is 7.90. The number of carboxylic acid groups (broad SMARTS) is 1. The number of amides is 2. The van der Waals surface area contributed by atoms with Crippen LogP contribution in [-0.4, -0.2) is 65.9 Å². The van der Waals surface area contributed by atoms with Gasteiger partial charge in [0.05, 0.1) is 12.1 Å². The maximum atomic E-state index is 13.0. The molecule has 0 radical (unpaired) electrons. The highest BCUT2D eigenvalue weighted by molar-refractivity contribution is 5.88. The molecule has 0 unspecified atom stereocenters. The molecule has 0 fully saturated rings. The van der Waals surface area contributed by atoms with E-state index in [0.29, 0.717) is 0 Å². The highest BCUT2D eigenvalue weighted by atomic mass is 16.6. The molecule has 0 saturated carbocycles. The van der Waals surface area contributed by atoms with Crippen LogP contribution in [0, 0.1) is 5.92 Å². The van der Waals surface area contributed by atoms with Crippen LogP contribution in [0.15, 0.2) is 11.6 Å². The van der Waals surface area contributed by atoms with Crippen molar-refractivity contribution in [2.45, 2.75) is 72.3 Å². The van der Waals surface area contributed by atoms with E-state index in [1.807, 2.05) is 13.8 Å². The molecule has 0 aliphatic rings. The molecular formula is C19H34N2O6. The summed E-state index contributed by atoms with van der Waals surface area (Å²) in [5, 5.41) is 11.7. The summed E-state index contributed by atoms with van der Waals surface area (Å²) < 4.78 is 10.5. The minimum absolute atomic E-state index is 0.0340. The van der Waals surface area contributed by atoms with Crippen molar-refractivity contribution in [2.24, 2.45) is 5.92 Å². The zero-order chi connectivity index (χ0) is 21.5. The Bertz CT molecular complexity index is 565. The van der Waals surface area contributed by atoms with Crippen molar-refractivity contribution in [3.63, 3.8) is 0 Å². The Balaban J connectivity index is 5.59. The molecule has 2 N–H and O–H groups in total. The van der Waals surface area contributed by atoms with Gasteiger partial charge in [0.1, 0.15) is 11.6 Å². The fourth-order valence-corrected chi connectivity index (χ4v) is 2.40. The number of carbonyl (C=O) groups excluding carboxylic acids is 2. The molecule has 0 aromatic heterocycles. The van der Waals surface area contributed by atoms with Gasteiger partial charge in [-0.3, -0.25) is 4.79 Å². The summed E-state index contributed by atoms with van der Waals surface area (Å²) in [7, 11) is 3.01. The Morgan fingerprint density at radius 2 is 1.67 bits per heavy atom. The van der Waals surface area contributed by atoms with Crippen molar-refractivity contribution in [2.75, 3.05) is 14.2 Å². The van der Waals surface area contributed by atoms with E-state index in [0.717, 1.165) is 0 Å². The molecule has 0 heterocycles. The molecule has 156 valence electrons. The number of alkyl carbamates (subject to hydrolysis) is 1. The minimum atomic E-state index is -1.05. The number of nitrogens with zero attached hydrogens (tertiary/aromatic N) is 1. The maximum Gasteiger partial charge on any atom is 0.408 e. The molecule has 2 amide bonds. The lowest BCUT2D eigenvalue weighted by Crippen LogP contribution is -2.56. The fraction of sp³-hybridized carbons (Fsp3) is 0.737. The van der Waals surface area contributed by atoms with E-state index in [4.69, 9.17) is 14.6 Å². The Labute approximate surface area is 161 Å². The van der Waals surface area contributed by atoms with Gasteiger partial charge in [-0.1, -0.05) is 19.9 Å². The lowest BCUT2D eigenvalue weighted by Gasteiger charge is -2.34. The number of aliphatic carboxylic acids is 1. The lowest BCUT2D eigenvalue weighted by atomic mass is 9.98. The first kappa shape index (κ1) is 24.9. The minimum Gasteiger partial charge on any atom is -0.478 e. The van der Waals surface area contributed by atoms with Crippen LogP contribution < -0.4 is 5.32 Å². The third-order valence-corrected chi connectivity index (χ3v) is 4.02. The first-order valence-corrected chi connectivity index (χ1v) is 8.92. The zero-order valence-electron chi connectivity index (χ0n) is 17.8. The van der Waals surface area contributed by atoms with Crippen LogP contribution in [0.4, 0.5) is 4.79 Å². The van der Waals surface area contributed by atoms with Gasteiger partial charge in [-0.05, 0) is 40.5 Å². The van der Waals surface area contributed by atoms with Crippen LogP contribution in [0.25, 0.3) is 0 Å². The van der Waals surface area contributed by atoms with Gasteiger partial charge in [-0.15, -0.1) is 0 Å². The van der Waals surface area contributed by atoms with Gasteiger partial charge in [-0.25, -0.2) is 9.59 Å². The molecule has 0 bridgehead atoms. The van der Waals surface area contributed by atoms with Gasteiger partial charge >= 0.3 is 12.1 Å². The maximum absolute atomic E-state index is 13.0. The molecule has 0 aromatic rings. The highest BCUT2D eigenvalue weighted by Crippen LogP contribution is 2.16. The number of carbonyl (C=O) groups is 3. The molecule has 0 spiro atoms. The summed E-state index contributed by atoms with van der Waals surface area (Å²) in [5.41, 5.74) is -0.563. The Hall–Kier alpha value is -2.09. The Kier molecular flexibility index (Phi) is 9.50. The Morgan fingerprint density at radius 1 is 1.15 bits per heavy atom. The molecular weight excluding hydrogens is 352 g/mol. The van der Waals surface area contributed by atoms with Crippen LogP contribution in [0.2, 0.25) is 0 Å². The number of likely N-dealkylation sites (N-methyl/N-ethyl adjacent to an activating group) is 1. The first-order valence-electron chi connectivity index (χ1n) is 8.92. The first-order chi connectivity index (χ1) is 12.2. The predicted molar refractivity (Wildman–Crippen MR) is 102 cm³/mol. The van der Waals surface area contributed by atoms with Crippen LogP contribution in [0.3, 0.4) is 0 Å². The second-order valence-electron chi connectivity index (χ2n) is 7.90. The topological polar surface area (TPSA) is 105 Å². The average Bonchev–Trinajstić information content (AvgIpc) is 2.53. The molecule has 0 rings (SSSR count). The third kappa shape index (κ3) is 8.43. The van der Waals surface area contributed by atoms with Gasteiger partial charge in [0, 0.05) is 19.7 Å². The predicted octanol–water partition coefficient (Wildman–Crippen LogP) is 2.43. The van der Waals surface area contributed by atoms with Crippen molar-refractivity contribution in [1.82, 2.24) is 10.2 Å². The van der Waals surface area contributed by atoms with Crippen LogP contribution >= 0.6 is 0 Å². The van der Waals surface area contributed by atoms with E-state index in [9.17, 15) is 14.4 Å². The number of ether oxygens (including phenoxy) is 2. The number of methoxy groups -OCH3 is 1. The van der Waals surface area contributed by atoms with E-state index in [1.54, 1.807) is 34.7 Å². The smallest absolute Gasteiger partial charge is 0.408 e. The van der Waals surface area contributed by atoms with E-state index < -0.39 is 41.8 Å². The lowest BCUT2D eigenvalue weighted by molar-refractivity contribution is -0.138. The van der Waals surface area contributed by atoms with E-state index in [-0.39, 0.29) is 11.5 Å². The summed E-state index contributed by atoms with van der Waals surface area (Å²) in [6, 6.07) is -1.43. The number of nitrogens with one attached hydrogen (secondary N) is 1. The zero-order valence-corrected chi connectivity index (χ0v) is 17.8. The molecule has 3 atom stereocenters. The molecule has 8 nitrogen and oxygen atoms in total. The van der Waals surface area contributed by atoms with Crippen LogP contribution in [0.1, 0.15) is 48.5 Å². The summed E-state index contributed by atoms with van der Waals surface area (Å²) in [6.45, 7) is 12.1. The summed E-state index contributed by atoms with van der Waals surface area (Å²) in [4.78, 5) is 37.8. The largest absolute Gasteiger partial charge is 0.478 e. The number of rotatable bonds is 8. The van der Waals surface area contributed by atoms with E-state index >= 15 is 0 Å². The van der Waals surface area contributed by atoms with E-state index in [1.165, 1.54) is 25.0 Å². The SMILES string of the molecule is CO[C@@H](C)[C@H](NC(=O)OC(C)(C)C)C(=O)N(C)[C@H](/C=C(\C)C(=O)O)C(C)C. The average molecular weight is 386 g/mol. The summed E-state index contributed by atoms with van der Waals surface area (Å²) >= 11 is 0. The van der Waals surface area contributed by atoms with Crippen molar-refractivity contribution < 1.29 is 29.0 Å². The second kappa shape index (κ2) is 10.3. The van der Waals surface area contributed by atoms with Crippen LogP contribution in [0.5, 0.6) is 0 Å².